The van der Waals surface area contributed by atoms with Gasteiger partial charge in [-0.1, -0.05) is 30.3 Å². The summed E-state index contributed by atoms with van der Waals surface area (Å²) in [5.74, 6) is 0.162. The van der Waals surface area contributed by atoms with Crippen molar-refractivity contribution in [3.8, 4) is 0 Å². The fourth-order valence-corrected chi connectivity index (χ4v) is 4.52. The van der Waals surface area contributed by atoms with E-state index in [2.05, 4.69) is 27.4 Å². The lowest BCUT2D eigenvalue weighted by atomic mass is 10.0. The third-order valence-electron chi connectivity index (χ3n) is 6.26. The number of anilines is 1. The molecule has 0 saturated carbocycles. The molecule has 10 heteroatoms. The zero-order chi connectivity index (χ0) is 23.0. The van der Waals surface area contributed by atoms with Crippen molar-refractivity contribution in [3.63, 3.8) is 0 Å². The molecule has 1 fully saturated rings. The van der Waals surface area contributed by atoms with E-state index in [1.165, 1.54) is 18.0 Å². The van der Waals surface area contributed by atoms with Gasteiger partial charge in [-0.2, -0.15) is 18.3 Å². The predicted octanol–water partition coefficient (Wildman–Crippen LogP) is 4.09. The average molecular weight is 459 g/mol. The van der Waals surface area contributed by atoms with Crippen LogP contribution in [0.5, 0.6) is 0 Å². The van der Waals surface area contributed by atoms with Gasteiger partial charge in [-0.05, 0) is 17.7 Å². The van der Waals surface area contributed by atoms with Crippen LogP contribution < -0.4 is 5.32 Å². The monoisotopic (exact) mass is 459 g/mol. The molecule has 2 atom stereocenters. The quantitative estimate of drug-likeness (QED) is 0.637. The maximum atomic E-state index is 13.8. The van der Waals surface area contributed by atoms with Gasteiger partial charge in [-0.15, -0.1) is 0 Å². The van der Waals surface area contributed by atoms with Gasteiger partial charge in [-0.3, -0.25) is 9.69 Å². The number of amides is 1. The van der Waals surface area contributed by atoms with Crippen LogP contribution in [-0.2, 0) is 6.54 Å². The second kappa shape index (κ2) is 8.58. The number of hydrogen-bond donors (Lipinski definition) is 1. The molecule has 1 aromatic carbocycles. The topological polar surface area (TPSA) is 66.5 Å². The molecule has 33 heavy (non-hydrogen) atoms. The number of piperazine rings is 1. The first-order chi connectivity index (χ1) is 15.9. The standard InChI is InChI=1S/C23H24F3N5O2/c24-23(25,26)20-13-18(19-7-4-12-33-19)28-21-17(14-27-31(20)21)22(32)30-10-8-29(9-11-30)15-16-5-2-1-3-6-16/h1-7,12,14,18,20,28H,8-11,13,15H2. The molecule has 5 rings (SSSR count). The molecule has 2 unspecified atom stereocenters. The van der Waals surface area contributed by atoms with Crippen LogP contribution in [0.2, 0.25) is 0 Å². The van der Waals surface area contributed by atoms with Gasteiger partial charge in [0.15, 0.2) is 6.04 Å². The maximum Gasteiger partial charge on any atom is 0.410 e. The van der Waals surface area contributed by atoms with Crippen molar-refractivity contribution < 1.29 is 22.4 Å². The largest absolute Gasteiger partial charge is 0.467 e. The molecule has 0 bridgehead atoms. The van der Waals surface area contributed by atoms with Crippen LogP contribution in [0.3, 0.4) is 0 Å². The van der Waals surface area contributed by atoms with Gasteiger partial charge in [0.1, 0.15) is 17.1 Å². The molecule has 0 radical (unpaired) electrons. The Morgan fingerprint density at radius 3 is 2.52 bits per heavy atom. The highest BCUT2D eigenvalue weighted by molar-refractivity contribution is 5.99. The summed E-state index contributed by atoms with van der Waals surface area (Å²) >= 11 is 0. The van der Waals surface area contributed by atoms with Crippen molar-refractivity contribution in [3.05, 3.63) is 71.8 Å². The molecule has 1 N–H and O–H groups in total. The molecule has 0 spiro atoms. The summed E-state index contributed by atoms with van der Waals surface area (Å²) in [6, 6.07) is 10.8. The lowest BCUT2D eigenvalue weighted by Crippen LogP contribution is -2.48. The number of halogens is 3. The molecule has 1 saturated heterocycles. The minimum absolute atomic E-state index is 0.0849. The van der Waals surface area contributed by atoms with Crippen LogP contribution in [0.4, 0.5) is 19.0 Å². The Morgan fingerprint density at radius 1 is 1.09 bits per heavy atom. The van der Waals surface area contributed by atoms with Crippen LogP contribution in [0.1, 0.15) is 40.2 Å². The average Bonchev–Trinajstić information content (AvgIpc) is 3.49. The molecule has 7 nitrogen and oxygen atoms in total. The first kappa shape index (κ1) is 21.6. The summed E-state index contributed by atoms with van der Waals surface area (Å²) in [5, 5.41) is 7.01. The fourth-order valence-electron chi connectivity index (χ4n) is 4.52. The lowest BCUT2D eigenvalue weighted by Gasteiger charge is -2.36. The second-order valence-electron chi connectivity index (χ2n) is 8.41. The molecular weight excluding hydrogens is 435 g/mol. The van der Waals surface area contributed by atoms with E-state index >= 15 is 0 Å². The van der Waals surface area contributed by atoms with Gasteiger partial charge in [0.05, 0.1) is 18.5 Å². The molecule has 1 amide bonds. The number of fused-ring (bicyclic) bond motifs is 1. The minimum Gasteiger partial charge on any atom is -0.467 e. The third-order valence-corrected chi connectivity index (χ3v) is 6.26. The van der Waals surface area contributed by atoms with Crippen LogP contribution in [0, 0.1) is 0 Å². The first-order valence-electron chi connectivity index (χ1n) is 10.9. The third kappa shape index (κ3) is 4.35. The lowest BCUT2D eigenvalue weighted by molar-refractivity contribution is -0.174. The molecule has 174 valence electrons. The van der Waals surface area contributed by atoms with E-state index in [1.807, 2.05) is 18.2 Å². The van der Waals surface area contributed by atoms with Crippen molar-refractivity contribution >= 4 is 11.7 Å². The Hall–Kier alpha value is -3.27. The number of nitrogens with one attached hydrogen (secondary N) is 1. The normalized spacial score (nSPS) is 21.5. The van der Waals surface area contributed by atoms with E-state index < -0.39 is 18.3 Å². The number of benzene rings is 1. The molecule has 2 aromatic heterocycles. The Balaban J connectivity index is 1.32. The summed E-state index contributed by atoms with van der Waals surface area (Å²) in [6.07, 6.45) is -2.11. The number of nitrogens with zero attached hydrogens (tertiary/aromatic N) is 4. The van der Waals surface area contributed by atoms with Crippen molar-refractivity contribution in [1.82, 2.24) is 19.6 Å². The summed E-state index contributed by atoms with van der Waals surface area (Å²) in [7, 11) is 0. The van der Waals surface area contributed by atoms with Crippen LogP contribution in [0.15, 0.2) is 59.3 Å². The van der Waals surface area contributed by atoms with Crippen LogP contribution >= 0.6 is 0 Å². The number of furan rings is 1. The van der Waals surface area contributed by atoms with Gasteiger partial charge in [0.2, 0.25) is 0 Å². The molecular formula is C23H24F3N5O2. The number of alkyl halides is 3. The Bertz CT molecular complexity index is 1090. The van der Waals surface area contributed by atoms with Crippen LogP contribution in [0.25, 0.3) is 0 Å². The van der Waals surface area contributed by atoms with Crippen molar-refractivity contribution in [2.75, 3.05) is 31.5 Å². The number of rotatable bonds is 4. The van der Waals surface area contributed by atoms with Gasteiger partial charge in [0.25, 0.3) is 5.91 Å². The van der Waals surface area contributed by atoms with Gasteiger partial charge < -0.3 is 14.6 Å². The van der Waals surface area contributed by atoms with E-state index in [0.29, 0.717) is 31.9 Å². The van der Waals surface area contributed by atoms with Gasteiger partial charge >= 0.3 is 6.18 Å². The van der Waals surface area contributed by atoms with Crippen molar-refractivity contribution in [2.24, 2.45) is 0 Å². The maximum absolute atomic E-state index is 13.8. The zero-order valence-electron chi connectivity index (χ0n) is 17.8. The van der Waals surface area contributed by atoms with E-state index in [0.717, 1.165) is 11.2 Å². The summed E-state index contributed by atoms with van der Waals surface area (Å²) in [4.78, 5) is 17.2. The molecule has 4 heterocycles. The van der Waals surface area contributed by atoms with E-state index in [4.69, 9.17) is 4.42 Å². The molecule has 3 aromatic rings. The SMILES string of the molecule is O=C(c1cnn2c1NC(c1ccco1)CC2C(F)(F)F)N1CCN(Cc2ccccc2)CC1. The highest BCUT2D eigenvalue weighted by Crippen LogP contribution is 2.44. The summed E-state index contributed by atoms with van der Waals surface area (Å²) in [6.45, 7) is 3.18. The highest BCUT2D eigenvalue weighted by atomic mass is 19.4. The number of carbonyl (C=O) groups excluding carboxylic acids is 1. The van der Waals surface area contributed by atoms with E-state index in [1.54, 1.807) is 17.0 Å². The first-order valence-corrected chi connectivity index (χ1v) is 10.9. The molecule has 0 aliphatic carbocycles. The van der Waals surface area contributed by atoms with E-state index in [9.17, 15) is 18.0 Å². The van der Waals surface area contributed by atoms with Crippen molar-refractivity contribution in [1.29, 1.82) is 0 Å². The molecule has 2 aliphatic rings. The number of carbonyl (C=O) groups is 1. The molecule has 2 aliphatic heterocycles. The van der Waals surface area contributed by atoms with Crippen LogP contribution in [-0.4, -0.2) is 57.8 Å². The Morgan fingerprint density at radius 2 is 1.85 bits per heavy atom. The predicted molar refractivity (Wildman–Crippen MR) is 115 cm³/mol. The Labute approximate surface area is 188 Å². The summed E-state index contributed by atoms with van der Waals surface area (Å²) < 4.78 is 47.6. The summed E-state index contributed by atoms with van der Waals surface area (Å²) in [5.41, 5.74) is 1.35. The smallest absolute Gasteiger partial charge is 0.410 e. The van der Waals surface area contributed by atoms with E-state index in [-0.39, 0.29) is 23.7 Å². The number of aromatic nitrogens is 2. The second-order valence-corrected chi connectivity index (χ2v) is 8.41. The van der Waals surface area contributed by atoms with Gasteiger partial charge in [-0.25, -0.2) is 4.68 Å². The van der Waals surface area contributed by atoms with Crippen molar-refractivity contribution in [2.45, 2.75) is 31.2 Å². The highest BCUT2D eigenvalue weighted by Gasteiger charge is 2.48. The zero-order valence-corrected chi connectivity index (χ0v) is 17.8. The minimum atomic E-state index is -4.50. The fraction of sp³-hybridized carbons (Fsp3) is 0.391. The Kier molecular flexibility index (Phi) is 5.61. The van der Waals surface area contributed by atoms with Gasteiger partial charge in [0, 0.05) is 39.1 Å². The number of hydrogen-bond acceptors (Lipinski definition) is 5.